The van der Waals surface area contributed by atoms with E-state index in [1.807, 2.05) is 0 Å². The van der Waals surface area contributed by atoms with Crippen molar-refractivity contribution in [3.05, 3.63) is 58.7 Å². The van der Waals surface area contributed by atoms with Crippen LogP contribution in [0.5, 0.6) is 0 Å². The minimum atomic E-state index is 0.685. The summed E-state index contributed by atoms with van der Waals surface area (Å²) in [4.78, 5) is 0. The van der Waals surface area contributed by atoms with Gasteiger partial charge in [-0.2, -0.15) is 0 Å². The molecule has 0 unspecified atom stereocenters. The van der Waals surface area contributed by atoms with Crippen molar-refractivity contribution in [3.8, 4) is 0 Å². The number of benzene rings is 1. The first-order chi connectivity index (χ1) is 7.66. The standard InChI is InChI=1S/C16H20/c1-12(2)16-11-15(9-13(16)3)10-14-7-5-4-6-8-14/h4-9,12H,10-11H2,1-3H3. The smallest absolute Gasteiger partial charge is 0.00607 e. The minimum Gasteiger partial charge on any atom is -0.0622 e. The van der Waals surface area contributed by atoms with Crippen LogP contribution in [-0.2, 0) is 6.42 Å². The zero-order valence-electron chi connectivity index (χ0n) is 10.5. The van der Waals surface area contributed by atoms with Crippen molar-refractivity contribution in [2.24, 2.45) is 5.92 Å². The fourth-order valence-corrected chi connectivity index (χ4v) is 2.47. The summed E-state index contributed by atoms with van der Waals surface area (Å²) >= 11 is 0. The van der Waals surface area contributed by atoms with Crippen LogP contribution in [0, 0.1) is 5.92 Å². The highest BCUT2D eigenvalue weighted by Crippen LogP contribution is 2.32. The lowest BCUT2D eigenvalue weighted by molar-refractivity contribution is 0.736. The zero-order chi connectivity index (χ0) is 11.5. The lowest BCUT2D eigenvalue weighted by Gasteiger charge is -2.09. The Balaban J connectivity index is 2.04. The van der Waals surface area contributed by atoms with Crippen molar-refractivity contribution < 1.29 is 0 Å². The van der Waals surface area contributed by atoms with Gasteiger partial charge in [0, 0.05) is 0 Å². The number of hydrogen-bond acceptors (Lipinski definition) is 0. The molecule has 0 heterocycles. The maximum absolute atomic E-state index is 2.38. The highest BCUT2D eigenvalue weighted by atomic mass is 14.2. The van der Waals surface area contributed by atoms with Gasteiger partial charge in [-0.1, -0.05) is 67.0 Å². The molecule has 0 radical (unpaired) electrons. The van der Waals surface area contributed by atoms with Crippen molar-refractivity contribution >= 4 is 0 Å². The van der Waals surface area contributed by atoms with Gasteiger partial charge in [0.2, 0.25) is 0 Å². The summed E-state index contributed by atoms with van der Waals surface area (Å²) in [5.74, 6) is 0.685. The van der Waals surface area contributed by atoms with Crippen LogP contribution in [-0.4, -0.2) is 0 Å². The molecule has 1 aromatic carbocycles. The van der Waals surface area contributed by atoms with E-state index in [0.717, 1.165) is 6.42 Å². The van der Waals surface area contributed by atoms with Gasteiger partial charge in [-0.15, -0.1) is 0 Å². The third-order valence-electron chi connectivity index (χ3n) is 3.32. The predicted molar refractivity (Wildman–Crippen MR) is 70.4 cm³/mol. The molecule has 0 atom stereocenters. The van der Waals surface area contributed by atoms with Gasteiger partial charge < -0.3 is 0 Å². The van der Waals surface area contributed by atoms with Crippen molar-refractivity contribution in [1.82, 2.24) is 0 Å². The van der Waals surface area contributed by atoms with Crippen LogP contribution in [0.3, 0.4) is 0 Å². The average Bonchev–Trinajstić information content (AvgIpc) is 2.61. The number of rotatable bonds is 3. The van der Waals surface area contributed by atoms with Gasteiger partial charge in [0.1, 0.15) is 0 Å². The lowest BCUT2D eigenvalue weighted by Crippen LogP contribution is -1.95. The monoisotopic (exact) mass is 212 g/mol. The first kappa shape index (κ1) is 11.2. The third kappa shape index (κ3) is 2.44. The third-order valence-corrected chi connectivity index (χ3v) is 3.32. The van der Waals surface area contributed by atoms with Crippen LogP contribution in [0.2, 0.25) is 0 Å². The molecule has 0 saturated heterocycles. The molecule has 84 valence electrons. The summed E-state index contributed by atoms with van der Waals surface area (Å²) in [7, 11) is 0. The van der Waals surface area contributed by atoms with E-state index in [2.05, 4.69) is 57.2 Å². The summed E-state index contributed by atoms with van der Waals surface area (Å²) in [5, 5.41) is 0. The second-order valence-electron chi connectivity index (χ2n) is 5.00. The summed E-state index contributed by atoms with van der Waals surface area (Å²) in [6, 6.07) is 10.7. The molecule has 0 aliphatic heterocycles. The van der Waals surface area contributed by atoms with Crippen molar-refractivity contribution in [2.75, 3.05) is 0 Å². The van der Waals surface area contributed by atoms with Crippen LogP contribution in [0.4, 0.5) is 0 Å². The normalized spacial score (nSPS) is 15.9. The van der Waals surface area contributed by atoms with E-state index in [1.165, 1.54) is 17.6 Å². The van der Waals surface area contributed by atoms with Gasteiger partial charge in [0.05, 0.1) is 0 Å². The SMILES string of the molecule is CC1=C(C(C)C)CC(Cc2ccccc2)=C1. The van der Waals surface area contributed by atoms with E-state index in [0.29, 0.717) is 5.92 Å². The van der Waals surface area contributed by atoms with Crippen LogP contribution in [0.15, 0.2) is 53.1 Å². The lowest BCUT2D eigenvalue weighted by atomic mass is 9.96. The van der Waals surface area contributed by atoms with Gasteiger partial charge in [0.25, 0.3) is 0 Å². The van der Waals surface area contributed by atoms with Crippen LogP contribution < -0.4 is 0 Å². The minimum absolute atomic E-state index is 0.685. The molecule has 1 aliphatic rings. The molecule has 0 amide bonds. The molecule has 0 aromatic heterocycles. The fraction of sp³-hybridized carbons (Fsp3) is 0.375. The molecular formula is C16H20. The molecule has 1 aliphatic carbocycles. The van der Waals surface area contributed by atoms with Crippen molar-refractivity contribution in [3.63, 3.8) is 0 Å². The molecule has 0 nitrogen and oxygen atoms in total. The molecule has 0 N–H and O–H groups in total. The highest BCUT2D eigenvalue weighted by molar-refractivity contribution is 5.40. The van der Waals surface area contributed by atoms with Gasteiger partial charge >= 0.3 is 0 Å². The summed E-state index contributed by atoms with van der Waals surface area (Å²) in [6.07, 6.45) is 4.66. The molecule has 2 rings (SSSR count). The summed E-state index contributed by atoms with van der Waals surface area (Å²) in [6.45, 7) is 6.82. The molecule has 1 aromatic rings. The Hall–Kier alpha value is -1.30. The molecule has 0 saturated carbocycles. The Kier molecular flexibility index (Phi) is 3.28. The Morgan fingerprint density at radius 2 is 1.81 bits per heavy atom. The maximum atomic E-state index is 2.38. The maximum Gasteiger partial charge on any atom is -0.00607 e. The summed E-state index contributed by atoms with van der Waals surface area (Å²) < 4.78 is 0. The number of allylic oxidation sites excluding steroid dienone is 4. The molecule has 0 bridgehead atoms. The van der Waals surface area contributed by atoms with Gasteiger partial charge in [-0.05, 0) is 31.2 Å². The van der Waals surface area contributed by atoms with Crippen molar-refractivity contribution in [1.29, 1.82) is 0 Å². The quantitative estimate of drug-likeness (QED) is 0.690. The Morgan fingerprint density at radius 3 is 2.38 bits per heavy atom. The second-order valence-corrected chi connectivity index (χ2v) is 5.00. The van der Waals surface area contributed by atoms with Crippen molar-refractivity contribution in [2.45, 2.75) is 33.6 Å². The first-order valence-electron chi connectivity index (χ1n) is 6.10. The number of hydrogen-bond donors (Lipinski definition) is 0. The van der Waals surface area contributed by atoms with Gasteiger partial charge in [-0.3, -0.25) is 0 Å². The van der Waals surface area contributed by atoms with Gasteiger partial charge in [0.15, 0.2) is 0 Å². The Labute approximate surface area is 98.7 Å². The average molecular weight is 212 g/mol. The molecule has 0 heteroatoms. The molecular weight excluding hydrogens is 192 g/mol. The Morgan fingerprint density at radius 1 is 1.12 bits per heavy atom. The zero-order valence-corrected chi connectivity index (χ0v) is 10.5. The van der Waals surface area contributed by atoms with E-state index < -0.39 is 0 Å². The summed E-state index contributed by atoms with van der Waals surface area (Å²) in [5.41, 5.74) is 6.09. The molecule has 16 heavy (non-hydrogen) atoms. The predicted octanol–water partition coefficient (Wildman–Crippen LogP) is 4.53. The Bertz CT molecular complexity index is 419. The van der Waals surface area contributed by atoms with Crippen LogP contribution >= 0.6 is 0 Å². The van der Waals surface area contributed by atoms with Crippen LogP contribution in [0.1, 0.15) is 32.8 Å². The van der Waals surface area contributed by atoms with E-state index in [-0.39, 0.29) is 0 Å². The molecule has 0 fully saturated rings. The molecule has 0 spiro atoms. The topological polar surface area (TPSA) is 0 Å². The van der Waals surface area contributed by atoms with Gasteiger partial charge in [-0.25, -0.2) is 0 Å². The van der Waals surface area contributed by atoms with E-state index >= 15 is 0 Å². The fourth-order valence-electron chi connectivity index (χ4n) is 2.47. The highest BCUT2D eigenvalue weighted by Gasteiger charge is 2.15. The van der Waals surface area contributed by atoms with E-state index in [9.17, 15) is 0 Å². The van der Waals surface area contributed by atoms with E-state index in [1.54, 1.807) is 11.1 Å². The second kappa shape index (κ2) is 4.69. The first-order valence-corrected chi connectivity index (χ1v) is 6.10. The van der Waals surface area contributed by atoms with E-state index in [4.69, 9.17) is 0 Å². The van der Waals surface area contributed by atoms with Crippen LogP contribution in [0.25, 0.3) is 0 Å². The largest absolute Gasteiger partial charge is 0.0622 e.